The van der Waals surface area contributed by atoms with Gasteiger partial charge in [-0.15, -0.1) is 0 Å². The zero-order valence-electron chi connectivity index (χ0n) is 21.1. The molecule has 0 aliphatic rings. The van der Waals surface area contributed by atoms with Crippen LogP contribution in [0, 0.1) is 0 Å². The average Bonchev–Trinajstić information content (AvgIpc) is 2.82. The van der Waals surface area contributed by atoms with Gasteiger partial charge in [-0.3, -0.25) is 24.0 Å². The largest absolute Gasteiger partial charge is 0.480 e. The molecule has 0 saturated heterocycles. The molecule has 0 rings (SSSR count). The zero-order valence-corrected chi connectivity index (χ0v) is 21.1. The van der Waals surface area contributed by atoms with E-state index in [9.17, 15) is 33.9 Å². The van der Waals surface area contributed by atoms with Crippen molar-refractivity contribution in [3.63, 3.8) is 0 Å². The summed E-state index contributed by atoms with van der Waals surface area (Å²) in [6.07, 6.45) is 1.81. The van der Waals surface area contributed by atoms with Crippen LogP contribution in [0.3, 0.4) is 0 Å². The highest BCUT2D eigenvalue weighted by atomic mass is 16.4. The van der Waals surface area contributed by atoms with E-state index >= 15 is 0 Å². The van der Waals surface area contributed by atoms with Crippen LogP contribution in [0.1, 0.15) is 64.2 Å². The quantitative estimate of drug-likeness (QED) is 0.0664. The molecule has 4 unspecified atom stereocenters. The van der Waals surface area contributed by atoms with Crippen LogP contribution in [0.5, 0.6) is 0 Å². The Hall–Kier alpha value is -3.30. The van der Waals surface area contributed by atoms with Gasteiger partial charge in [0.2, 0.25) is 29.5 Å². The molecule has 0 heterocycles. The molecule has 15 heteroatoms. The van der Waals surface area contributed by atoms with Crippen molar-refractivity contribution in [2.75, 3.05) is 13.1 Å². The summed E-state index contributed by atoms with van der Waals surface area (Å²) >= 11 is 0. The van der Waals surface area contributed by atoms with Gasteiger partial charge in [-0.1, -0.05) is 6.42 Å². The first-order chi connectivity index (χ1) is 17.4. The number of nitrogens with one attached hydrogen (secondary N) is 3. The molecule has 4 atom stereocenters. The number of unbranched alkanes of at least 4 members (excludes halogenated alkanes) is 2. The minimum Gasteiger partial charge on any atom is -0.480 e. The Kier molecular flexibility index (Phi) is 17.2. The molecule has 15 nitrogen and oxygen atoms in total. The molecule has 0 bridgehead atoms. The first-order valence-corrected chi connectivity index (χ1v) is 12.3. The van der Waals surface area contributed by atoms with E-state index in [1.54, 1.807) is 0 Å². The lowest BCUT2D eigenvalue weighted by molar-refractivity contribution is -0.142. The predicted octanol–water partition coefficient (Wildman–Crippen LogP) is -3.36. The lowest BCUT2D eigenvalue weighted by Gasteiger charge is -2.25. The first-order valence-electron chi connectivity index (χ1n) is 12.3. The summed E-state index contributed by atoms with van der Waals surface area (Å²) in [6, 6.07) is -4.73. The van der Waals surface area contributed by atoms with E-state index in [-0.39, 0.29) is 32.1 Å². The van der Waals surface area contributed by atoms with Gasteiger partial charge in [0.1, 0.15) is 18.1 Å². The van der Waals surface area contributed by atoms with E-state index in [0.29, 0.717) is 45.2 Å². The molecule has 212 valence electrons. The molecular formula is C22H42N8O7. The Morgan fingerprint density at radius 3 is 1.46 bits per heavy atom. The molecule has 0 fully saturated rings. The van der Waals surface area contributed by atoms with Crippen molar-refractivity contribution < 1.29 is 33.9 Å². The number of nitrogens with two attached hydrogens (primary N) is 5. The van der Waals surface area contributed by atoms with Gasteiger partial charge in [0.05, 0.1) is 6.04 Å². The summed E-state index contributed by atoms with van der Waals surface area (Å²) in [4.78, 5) is 72.3. The zero-order chi connectivity index (χ0) is 28.4. The summed E-state index contributed by atoms with van der Waals surface area (Å²) in [5.74, 6) is -5.01. The monoisotopic (exact) mass is 530 g/mol. The molecule has 0 aromatic heterocycles. The highest BCUT2D eigenvalue weighted by molar-refractivity contribution is 5.94. The molecule has 0 saturated carbocycles. The first kappa shape index (κ1) is 33.7. The third-order valence-corrected chi connectivity index (χ3v) is 5.49. The second-order valence-corrected chi connectivity index (χ2v) is 8.71. The number of carboxylic acid groups (broad SMARTS) is 1. The SMILES string of the molecule is NCCCCC(N)C(=O)NC(CCC(N)=O)C(=O)NC(CCCCN)C(=O)NC(CCC(N)=O)C(=O)O. The number of rotatable bonds is 21. The Morgan fingerprint density at radius 1 is 0.595 bits per heavy atom. The fourth-order valence-electron chi connectivity index (χ4n) is 3.32. The second-order valence-electron chi connectivity index (χ2n) is 8.71. The summed E-state index contributed by atoms with van der Waals surface area (Å²) in [7, 11) is 0. The topological polar surface area (TPSA) is 289 Å². The number of hydrogen-bond acceptors (Lipinski definition) is 9. The molecule has 0 aromatic carbocycles. The summed E-state index contributed by atoms with van der Waals surface area (Å²) in [5, 5.41) is 16.7. The normalized spacial score (nSPS) is 14.0. The van der Waals surface area contributed by atoms with E-state index in [1.807, 2.05) is 0 Å². The Balaban J connectivity index is 5.53. The summed E-state index contributed by atoms with van der Waals surface area (Å²) in [5.41, 5.74) is 27.1. The number of carbonyl (C=O) groups is 6. The van der Waals surface area contributed by atoms with Gasteiger partial charge >= 0.3 is 5.97 Å². The van der Waals surface area contributed by atoms with Crippen molar-refractivity contribution >= 4 is 35.5 Å². The molecule has 0 aromatic rings. The Labute approximate surface area is 216 Å². The van der Waals surface area contributed by atoms with Crippen LogP contribution in [0.25, 0.3) is 0 Å². The van der Waals surface area contributed by atoms with E-state index in [4.69, 9.17) is 28.7 Å². The van der Waals surface area contributed by atoms with Crippen molar-refractivity contribution in [3.8, 4) is 0 Å². The van der Waals surface area contributed by atoms with Crippen LogP contribution in [0.4, 0.5) is 0 Å². The van der Waals surface area contributed by atoms with Crippen LogP contribution in [-0.4, -0.2) is 77.9 Å². The van der Waals surface area contributed by atoms with E-state index in [1.165, 1.54) is 0 Å². The minimum atomic E-state index is -1.41. The van der Waals surface area contributed by atoms with Crippen LogP contribution < -0.4 is 44.6 Å². The third-order valence-electron chi connectivity index (χ3n) is 5.49. The molecule has 0 radical (unpaired) electrons. The smallest absolute Gasteiger partial charge is 0.326 e. The maximum absolute atomic E-state index is 13.0. The van der Waals surface area contributed by atoms with Crippen molar-refractivity contribution in [2.24, 2.45) is 28.7 Å². The van der Waals surface area contributed by atoms with Gasteiger partial charge in [-0.25, -0.2) is 4.79 Å². The summed E-state index contributed by atoms with van der Waals surface area (Å²) < 4.78 is 0. The van der Waals surface area contributed by atoms with Crippen LogP contribution in [0.15, 0.2) is 0 Å². The molecule has 5 amide bonds. The second kappa shape index (κ2) is 18.9. The third kappa shape index (κ3) is 15.4. The highest BCUT2D eigenvalue weighted by Gasteiger charge is 2.30. The predicted molar refractivity (Wildman–Crippen MR) is 134 cm³/mol. The van der Waals surface area contributed by atoms with Gasteiger partial charge in [0.25, 0.3) is 0 Å². The molecule has 0 aliphatic carbocycles. The fraction of sp³-hybridized carbons (Fsp3) is 0.727. The highest BCUT2D eigenvalue weighted by Crippen LogP contribution is 2.07. The molecule has 0 spiro atoms. The minimum absolute atomic E-state index is 0.117. The van der Waals surface area contributed by atoms with Gasteiger partial charge in [0, 0.05) is 12.8 Å². The van der Waals surface area contributed by atoms with Crippen molar-refractivity contribution in [2.45, 2.75) is 88.4 Å². The number of hydrogen-bond donors (Lipinski definition) is 9. The standard InChI is InChI=1S/C22H42N8O7/c23-11-3-1-5-13(25)19(33)28-15(7-9-17(26)31)21(35)29-14(6-2-4-12-24)20(34)30-16(22(36)37)8-10-18(27)32/h13-16H,1-12,23-25H2,(H2,26,31)(H2,27,32)(H,28,33)(H,29,35)(H,30,34)(H,36,37). The van der Waals surface area contributed by atoms with E-state index < -0.39 is 59.7 Å². The molecular weight excluding hydrogens is 488 g/mol. The number of amides is 5. The number of carbonyl (C=O) groups excluding carboxylic acids is 5. The maximum Gasteiger partial charge on any atom is 0.326 e. The van der Waals surface area contributed by atoms with Gasteiger partial charge in [-0.2, -0.15) is 0 Å². The molecule has 14 N–H and O–H groups in total. The average molecular weight is 531 g/mol. The van der Waals surface area contributed by atoms with E-state index in [2.05, 4.69) is 16.0 Å². The fourth-order valence-corrected chi connectivity index (χ4v) is 3.32. The van der Waals surface area contributed by atoms with Crippen LogP contribution in [0.2, 0.25) is 0 Å². The number of aliphatic carboxylic acids is 1. The van der Waals surface area contributed by atoms with E-state index in [0.717, 1.165) is 0 Å². The lowest BCUT2D eigenvalue weighted by atomic mass is 10.0. The van der Waals surface area contributed by atoms with Crippen LogP contribution in [-0.2, 0) is 28.8 Å². The Morgan fingerprint density at radius 2 is 1.00 bits per heavy atom. The molecule has 0 aliphatic heterocycles. The van der Waals surface area contributed by atoms with Crippen LogP contribution >= 0.6 is 0 Å². The maximum atomic E-state index is 13.0. The lowest BCUT2D eigenvalue weighted by Crippen LogP contribution is -2.57. The van der Waals surface area contributed by atoms with Crippen molar-refractivity contribution in [1.82, 2.24) is 16.0 Å². The van der Waals surface area contributed by atoms with Gasteiger partial charge < -0.3 is 49.7 Å². The van der Waals surface area contributed by atoms with Gasteiger partial charge in [-0.05, 0) is 58.0 Å². The van der Waals surface area contributed by atoms with Crippen molar-refractivity contribution in [1.29, 1.82) is 0 Å². The van der Waals surface area contributed by atoms with Crippen molar-refractivity contribution in [3.05, 3.63) is 0 Å². The number of carboxylic acids is 1. The Bertz CT molecular complexity index is 780. The van der Waals surface area contributed by atoms with Gasteiger partial charge in [0.15, 0.2) is 0 Å². The molecule has 37 heavy (non-hydrogen) atoms. The summed E-state index contributed by atoms with van der Waals surface area (Å²) in [6.45, 7) is 0.773. The number of primary amides is 2.